The van der Waals surface area contributed by atoms with Gasteiger partial charge < -0.3 is 25.0 Å². The molecule has 1 unspecified atom stereocenters. The second kappa shape index (κ2) is 8.03. The molecule has 0 aliphatic carbocycles. The van der Waals surface area contributed by atoms with Crippen LogP contribution in [0.2, 0.25) is 0 Å². The summed E-state index contributed by atoms with van der Waals surface area (Å²) < 4.78 is 10.2. The summed E-state index contributed by atoms with van der Waals surface area (Å²) in [6, 6.07) is 0. The van der Waals surface area contributed by atoms with Crippen molar-refractivity contribution in [3.8, 4) is 0 Å². The van der Waals surface area contributed by atoms with Gasteiger partial charge in [0.25, 0.3) is 11.8 Å². The Morgan fingerprint density at radius 3 is 2.60 bits per heavy atom. The summed E-state index contributed by atoms with van der Waals surface area (Å²) in [7, 11) is -1.07. The van der Waals surface area contributed by atoms with Gasteiger partial charge in [0.15, 0.2) is 0 Å². The Kier molecular flexibility index (Phi) is 6.04. The Morgan fingerprint density at radius 1 is 1.44 bits per heavy atom. The van der Waals surface area contributed by atoms with Crippen molar-refractivity contribution >= 4 is 24.9 Å². The van der Waals surface area contributed by atoms with Crippen molar-refractivity contribution in [3.63, 3.8) is 0 Å². The monoisotopic (exact) mass is 352 g/mol. The molecule has 2 fully saturated rings. The van der Waals surface area contributed by atoms with E-state index in [0.29, 0.717) is 19.4 Å². The summed E-state index contributed by atoms with van der Waals surface area (Å²) in [4.78, 5) is 35.5. The summed E-state index contributed by atoms with van der Waals surface area (Å²) in [5.74, 6) is -2.73. The van der Waals surface area contributed by atoms with Crippen LogP contribution in [0.25, 0.3) is 0 Å². The van der Waals surface area contributed by atoms with Gasteiger partial charge in [0, 0.05) is 6.67 Å². The quantitative estimate of drug-likeness (QED) is 0.215. The van der Waals surface area contributed by atoms with E-state index in [9.17, 15) is 14.4 Å². The predicted molar refractivity (Wildman–Crippen MR) is 87.2 cm³/mol. The first-order valence-electron chi connectivity index (χ1n) is 7.81. The van der Waals surface area contributed by atoms with Crippen molar-refractivity contribution < 1.29 is 28.8 Å². The zero-order chi connectivity index (χ0) is 18.6. The minimum Gasteiger partial charge on any atom is -0.517 e. The van der Waals surface area contributed by atoms with Crippen molar-refractivity contribution in [1.82, 2.24) is 21.3 Å². The molecule has 2 amide bonds. The number of carbonyl (C=O) groups is 3. The Morgan fingerprint density at radius 2 is 2.12 bits per heavy atom. The van der Waals surface area contributed by atoms with Crippen LogP contribution in [0.5, 0.6) is 0 Å². The smallest absolute Gasteiger partial charge is 0.517 e. The largest absolute Gasteiger partial charge is 0.621 e. The average molecular weight is 352 g/mol. The van der Waals surface area contributed by atoms with Gasteiger partial charge in [0.2, 0.25) is 5.76 Å². The van der Waals surface area contributed by atoms with Gasteiger partial charge in [0.05, 0.1) is 11.6 Å². The molecule has 0 aromatic carbocycles. The zero-order valence-corrected chi connectivity index (χ0v) is 14.0. The van der Waals surface area contributed by atoms with E-state index >= 15 is 0 Å². The zero-order valence-electron chi connectivity index (χ0n) is 14.0. The van der Waals surface area contributed by atoms with Crippen LogP contribution in [0, 0.1) is 5.92 Å². The summed E-state index contributed by atoms with van der Waals surface area (Å²) in [6.07, 6.45) is 0.386. The number of aliphatic hydroxyl groups excluding tert-OH is 1. The molecule has 0 spiro atoms. The van der Waals surface area contributed by atoms with Crippen LogP contribution >= 0.6 is 0 Å². The van der Waals surface area contributed by atoms with Crippen LogP contribution < -0.4 is 21.3 Å². The summed E-state index contributed by atoms with van der Waals surface area (Å²) >= 11 is 0. The molecule has 10 nitrogen and oxygen atoms in total. The lowest BCUT2D eigenvalue weighted by atomic mass is 9.74. The second-order valence-electron chi connectivity index (χ2n) is 6.08. The first kappa shape index (κ1) is 18.8. The van der Waals surface area contributed by atoms with Crippen molar-refractivity contribution in [2.45, 2.75) is 32.4 Å². The maximum atomic E-state index is 12.3. The van der Waals surface area contributed by atoms with Crippen LogP contribution in [-0.2, 0) is 23.7 Å². The number of aliphatic hydroxyl groups is 1. The highest BCUT2D eigenvalue weighted by Crippen LogP contribution is 2.19. The molecule has 5 N–H and O–H groups in total. The fourth-order valence-electron chi connectivity index (χ4n) is 2.28. The molecule has 1 atom stereocenters. The van der Waals surface area contributed by atoms with Gasteiger partial charge in [-0.15, -0.1) is 0 Å². The Hall–Kier alpha value is -2.53. The number of nitrogens with one attached hydrogen (secondary N) is 4. The lowest BCUT2D eigenvalue weighted by Gasteiger charge is -2.28. The molecule has 0 aromatic heterocycles. The molecule has 25 heavy (non-hydrogen) atoms. The van der Waals surface area contributed by atoms with Crippen LogP contribution in [0.4, 0.5) is 0 Å². The summed E-state index contributed by atoms with van der Waals surface area (Å²) in [5.41, 5.74) is -0.142. The molecule has 0 aromatic rings. The van der Waals surface area contributed by atoms with Crippen LogP contribution in [0.3, 0.4) is 0 Å². The van der Waals surface area contributed by atoms with Crippen molar-refractivity contribution in [2.75, 3.05) is 6.67 Å². The Balaban J connectivity index is 1.96. The predicted octanol–water partition coefficient (Wildman–Crippen LogP) is -1.38. The third-order valence-electron chi connectivity index (χ3n) is 3.58. The molecular formula is C14H21BN4O6. The number of carbonyl (C=O) groups excluding carboxylic acids is 3. The van der Waals surface area contributed by atoms with E-state index in [2.05, 4.69) is 27.8 Å². The van der Waals surface area contributed by atoms with Gasteiger partial charge in [0.1, 0.15) is 12.4 Å². The SMILES string of the molecule is C=C(NC(=O)C1NCN1)C(=O)NC(CC(C)C)B1OC(=O)C(=CO)O1. The van der Waals surface area contributed by atoms with Gasteiger partial charge in [-0.2, -0.15) is 0 Å². The molecule has 2 rings (SSSR count). The first-order chi connectivity index (χ1) is 11.8. The van der Waals surface area contributed by atoms with Gasteiger partial charge in [-0.1, -0.05) is 20.4 Å². The van der Waals surface area contributed by atoms with Crippen molar-refractivity contribution in [2.24, 2.45) is 5.92 Å². The lowest BCUT2D eigenvalue weighted by Crippen LogP contribution is -2.65. The van der Waals surface area contributed by atoms with Crippen LogP contribution in [0.15, 0.2) is 24.3 Å². The molecule has 0 saturated carbocycles. The molecular weight excluding hydrogens is 331 g/mol. The summed E-state index contributed by atoms with van der Waals surface area (Å²) in [5, 5.41) is 19.6. The normalized spacial score (nSPS) is 19.9. The van der Waals surface area contributed by atoms with E-state index in [4.69, 9.17) is 14.4 Å². The highest BCUT2D eigenvalue weighted by molar-refractivity contribution is 6.52. The molecule has 2 saturated heterocycles. The number of amides is 2. The van der Waals surface area contributed by atoms with Crippen molar-refractivity contribution in [1.29, 1.82) is 0 Å². The maximum absolute atomic E-state index is 12.3. The Labute approximate surface area is 145 Å². The third-order valence-corrected chi connectivity index (χ3v) is 3.58. The Bertz CT molecular complexity index is 604. The lowest BCUT2D eigenvalue weighted by molar-refractivity contribution is -0.130. The summed E-state index contributed by atoms with van der Waals surface area (Å²) in [6.45, 7) is 7.89. The third kappa shape index (κ3) is 4.73. The fraction of sp³-hybridized carbons (Fsp3) is 0.500. The van der Waals surface area contributed by atoms with E-state index in [1.54, 1.807) is 0 Å². The first-order valence-corrected chi connectivity index (χ1v) is 7.81. The standard InChI is InChI=1S/C14H21BN4O6/c1-7(2)4-10(15-24-9(5-20)14(23)25-15)19-12(21)8(3)18-13(22)11-16-6-17-11/h5,7,10-11,16-17,20H,3-4,6H2,1-2H3,(H,18,22)(H,19,21). The minimum atomic E-state index is -1.07. The van der Waals surface area contributed by atoms with E-state index < -0.39 is 37.0 Å². The maximum Gasteiger partial charge on any atom is 0.621 e. The highest BCUT2D eigenvalue weighted by Gasteiger charge is 2.45. The molecule has 11 heteroatoms. The molecule has 0 radical (unpaired) electrons. The number of rotatable bonds is 7. The van der Waals surface area contributed by atoms with Gasteiger partial charge in [-0.3, -0.25) is 20.2 Å². The van der Waals surface area contributed by atoms with Crippen LogP contribution in [0.1, 0.15) is 20.3 Å². The second-order valence-corrected chi connectivity index (χ2v) is 6.08. The highest BCUT2D eigenvalue weighted by atomic mass is 16.7. The van der Waals surface area contributed by atoms with E-state index in [-0.39, 0.29) is 17.4 Å². The molecule has 2 aliphatic rings. The molecule has 2 aliphatic heterocycles. The number of hydrogen-bond acceptors (Lipinski definition) is 8. The number of hydrogen-bond donors (Lipinski definition) is 5. The van der Waals surface area contributed by atoms with Crippen LogP contribution in [-0.4, -0.2) is 48.8 Å². The van der Waals surface area contributed by atoms with E-state index in [0.717, 1.165) is 0 Å². The topological polar surface area (TPSA) is 138 Å². The fourth-order valence-corrected chi connectivity index (χ4v) is 2.28. The van der Waals surface area contributed by atoms with Gasteiger partial charge in [-0.05, 0) is 12.3 Å². The van der Waals surface area contributed by atoms with E-state index in [1.807, 2.05) is 13.8 Å². The van der Waals surface area contributed by atoms with Gasteiger partial charge in [-0.25, -0.2) is 4.79 Å². The van der Waals surface area contributed by atoms with Crippen molar-refractivity contribution in [3.05, 3.63) is 24.3 Å². The van der Waals surface area contributed by atoms with Gasteiger partial charge >= 0.3 is 13.1 Å². The van der Waals surface area contributed by atoms with E-state index in [1.165, 1.54) is 0 Å². The minimum absolute atomic E-state index is 0.142. The molecule has 2 heterocycles. The molecule has 0 bridgehead atoms. The molecule has 136 valence electrons. The average Bonchev–Trinajstić information content (AvgIpc) is 2.85.